The van der Waals surface area contributed by atoms with Crippen LogP contribution in [0.2, 0.25) is 0 Å². The van der Waals surface area contributed by atoms with Crippen molar-refractivity contribution < 1.29 is 166 Å². The Balaban J connectivity index is -0.000000390. The van der Waals surface area contributed by atoms with Crippen molar-refractivity contribution >= 4 is 95.9 Å². The minimum Gasteiger partial charge on any atom is -0.480 e. The fourth-order valence-electron chi connectivity index (χ4n) is 12.4. The average Bonchev–Trinajstić information content (AvgIpc) is 0.794. The van der Waals surface area contributed by atoms with Gasteiger partial charge in [0.25, 0.3) is 10.2 Å². The predicted molar refractivity (Wildman–Crippen MR) is 552 cm³/mol. The molecule has 15 atom stereocenters. The van der Waals surface area contributed by atoms with Crippen LogP contribution in [-0.2, 0) is 106 Å². The number of nitrogens with zero attached hydrogens (tertiary/aromatic N) is 2. The first-order chi connectivity index (χ1) is 69.9. The van der Waals surface area contributed by atoms with Crippen molar-refractivity contribution in [2.45, 2.75) is 393 Å². The Morgan fingerprint density at radius 1 is 0.324 bits per heavy atom. The summed E-state index contributed by atoms with van der Waals surface area (Å²) in [7, 11) is 0. The molecule has 0 radical (unpaired) electrons. The summed E-state index contributed by atoms with van der Waals surface area (Å²) >= 11 is 0. The molecule has 0 saturated heterocycles. The average molecular weight is 2120 g/mol. The van der Waals surface area contributed by atoms with Gasteiger partial charge in [0.1, 0.15) is 73.9 Å². The van der Waals surface area contributed by atoms with Gasteiger partial charge in [0.15, 0.2) is 0 Å². The highest BCUT2D eigenvalue weighted by Gasteiger charge is 2.32. The van der Waals surface area contributed by atoms with E-state index in [1.807, 2.05) is 106 Å². The minimum atomic E-state index is -1.10. The van der Waals surface area contributed by atoms with E-state index in [0.29, 0.717) is 116 Å². The monoisotopic (exact) mass is 2120 g/mol. The van der Waals surface area contributed by atoms with Gasteiger partial charge < -0.3 is 121 Å². The highest BCUT2D eigenvalue weighted by atomic mass is 17.0. The molecule has 0 fully saturated rings. The van der Waals surface area contributed by atoms with Crippen molar-refractivity contribution in [1.29, 1.82) is 0 Å². The van der Waals surface area contributed by atoms with E-state index in [0.717, 1.165) is 94.6 Å². The maximum absolute atomic E-state index is 11.8. The molecule has 852 valence electrons. The summed E-state index contributed by atoms with van der Waals surface area (Å²) in [6.45, 7) is 41.2. The maximum atomic E-state index is 11.8. The largest absolute Gasteiger partial charge is 0.480 e. The van der Waals surface area contributed by atoms with Crippen molar-refractivity contribution in [2.75, 3.05) is 46.2 Å². The molecule has 2 aromatic carbocycles. The first-order valence-electron chi connectivity index (χ1n) is 51.6. The molecular weight excluding hydrogens is 1940 g/mol. The molecule has 15 unspecified atom stereocenters. The van der Waals surface area contributed by atoms with Crippen molar-refractivity contribution in [2.24, 2.45) is 41.4 Å². The van der Waals surface area contributed by atoms with E-state index in [1.54, 1.807) is 60.6 Å². The number of nitrogens with one attached hydrogen (secondary N) is 8. The molecule has 46 nitrogen and oxygen atoms in total. The van der Waals surface area contributed by atoms with E-state index < -0.39 is 143 Å². The summed E-state index contributed by atoms with van der Waals surface area (Å²) in [6.07, 6.45) is 18.2. The number of hydrogen-bond donors (Lipinski definition) is 16. The van der Waals surface area contributed by atoms with Crippen LogP contribution in [0, 0.1) is 61.7 Å². The van der Waals surface area contributed by atoms with Gasteiger partial charge >= 0.3 is 78.2 Å². The smallest absolute Gasteiger partial charge is 0.413 e. The molecule has 0 aliphatic heterocycles. The quantitative estimate of drug-likeness (QED) is 0.0127. The lowest BCUT2D eigenvalue weighted by atomic mass is 9.99. The summed E-state index contributed by atoms with van der Waals surface area (Å²) in [6, 6.07) is 8.80. The number of benzene rings is 2. The fraction of sp³-hybridized carbons (Fsp3) is 0.725. The number of aryl methyl sites for hydroxylation is 2. The fourth-order valence-corrected chi connectivity index (χ4v) is 12.4. The highest BCUT2D eigenvalue weighted by Crippen LogP contribution is 2.20. The van der Waals surface area contributed by atoms with Crippen molar-refractivity contribution in [3.63, 3.8) is 0 Å². The van der Waals surface area contributed by atoms with Gasteiger partial charge in [0.05, 0.1) is 26.4 Å². The molecule has 2 rings (SSSR count). The first-order valence-corrected chi connectivity index (χ1v) is 51.6. The van der Waals surface area contributed by atoms with Crippen LogP contribution < -0.4 is 47.3 Å². The van der Waals surface area contributed by atoms with Gasteiger partial charge in [-0.2, -0.15) is 0 Å². The molecular formula is C102H178N10O36. The van der Waals surface area contributed by atoms with Crippen LogP contribution in [0.4, 0.5) is 24.0 Å². The number of unbranched alkanes of at least 4 members (excludes halogenated alkanes) is 9. The Morgan fingerprint density at radius 3 is 1.02 bits per heavy atom. The van der Waals surface area contributed by atoms with Crippen molar-refractivity contribution in [3.05, 3.63) is 85.4 Å². The van der Waals surface area contributed by atoms with Gasteiger partial charge in [0, 0.05) is 25.9 Å². The van der Waals surface area contributed by atoms with Gasteiger partial charge in [0.2, 0.25) is 17.7 Å². The van der Waals surface area contributed by atoms with Crippen LogP contribution in [0.25, 0.3) is 0 Å². The Labute approximate surface area is 872 Å². The number of hydrogen-bond acceptors (Lipinski definition) is 28. The molecule has 0 bridgehead atoms. The zero-order valence-electron chi connectivity index (χ0n) is 91.1. The summed E-state index contributed by atoms with van der Waals surface area (Å²) in [5.41, 5.74) is 3.16. The molecule has 0 heterocycles. The molecule has 2 aromatic rings. The Morgan fingerprint density at radius 2 is 0.669 bits per heavy atom. The normalized spacial score (nSPS) is 13.4. The minimum absolute atomic E-state index is 0.0131. The van der Waals surface area contributed by atoms with Crippen LogP contribution in [0.1, 0.15) is 342 Å². The Hall–Kier alpha value is -12.7. The molecule has 46 heteroatoms. The summed E-state index contributed by atoms with van der Waals surface area (Å²) in [5.74, 6) is -9.58. The van der Waals surface area contributed by atoms with E-state index in [-0.39, 0.29) is 91.8 Å². The van der Waals surface area contributed by atoms with Crippen LogP contribution in [-0.4, -0.2) is 242 Å². The van der Waals surface area contributed by atoms with E-state index in [2.05, 4.69) is 79.9 Å². The van der Waals surface area contributed by atoms with E-state index in [4.69, 9.17) is 69.3 Å². The van der Waals surface area contributed by atoms with Crippen LogP contribution >= 0.6 is 0 Å². The molecule has 16 N–H and O–H groups in total. The van der Waals surface area contributed by atoms with Gasteiger partial charge in [-0.1, -0.05) is 285 Å². The molecule has 148 heavy (non-hydrogen) atoms. The maximum Gasteiger partial charge on any atom is 0.413 e. The van der Waals surface area contributed by atoms with E-state index in [1.165, 1.54) is 18.4 Å². The summed E-state index contributed by atoms with van der Waals surface area (Å²) in [4.78, 5) is 208. The number of ether oxygens (including phenoxy) is 6. The van der Waals surface area contributed by atoms with E-state index in [9.17, 15) is 96.9 Å². The van der Waals surface area contributed by atoms with Crippen LogP contribution in [0.3, 0.4) is 0 Å². The van der Waals surface area contributed by atoms with Crippen LogP contribution in [0.15, 0.2) is 48.5 Å². The predicted octanol–water partition coefficient (Wildman–Crippen LogP) is 16.9. The Bertz CT molecular complexity index is 4040. The van der Waals surface area contributed by atoms with Crippen LogP contribution in [0.5, 0.6) is 5.75 Å². The first kappa shape index (κ1) is 146. The molecule has 8 amide bonds. The molecule has 0 aliphatic carbocycles. The molecule has 0 saturated carbocycles. The number of aliphatic carboxylic acids is 8. The highest BCUT2D eigenvalue weighted by molar-refractivity contribution is 5.86. The van der Waals surface area contributed by atoms with E-state index >= 15 is 0 Å². The molecule has 0 aliphatic rings. The number of carbonyl (C=O) groups excluding carboxylic acids is 8. The lowest BCUT2D eigenvalue weighted by Gasteiger charge is -2.20. The standard InChI is InChI=1S/C16H23NO4.C14H27NO4.C13H24N2O6.C12H22N2O6.C12H23NO5.C12H15NO4.C12H23NO4.C11H21NO3/c1-4-7-12-8-6-9-13(10-12)21-16(20)17-14(15(18)19)11(3)5-2;1-4-6-7-8-9-10-19-14(18)15-12(13(16)17)11(3)5-2;1-4-9(3)12(13(17)18)14-11(16)8-6-7-10(5-2)21-15(19)20;1-3-9(2)11(12(16)17)13-10(15)7-5-4-6-8-20-14(18)19;1-4-6-17-7-8-18-12(16)13-10(11(14)15)9(3)5-2;1-2-9-3-5-10(6-4-9)8-17-12(16)13-7-11(14)15;1-4-6-7-8-17-12(16)13-10(11(14)15)9(3)5-2;1-4-6-7-9(13)12-10(11(14)15)8(3)5-2/h6,8-11,14H,4-5,7H2,1-3H3,(H,17,20)(H,18,19);11-12H,4-10H2,1-3H3,(H,15,18)(H,16,17);9-10,12H,4-8H2,1-3H3,(H,14,16)(H,17,18);9,11H,3-8H2,1-2H3,(H,13,15)(H,16,17);9-10H,4-8H2,1-3H3,(H,13,16)(H,14,15);3-6H,2,7-8H2,1H3,(H,13,16)(H,14,15);9-10H,4-8H2,1-3H3,(H,13,16)(H,14,15);8,10H,4-7H2,1-3H3,(H,12,13)(H,14,15). The number of amides is 8. The zero-order valence-corrected chi connectivity index (χ0v) is 91.1. The van der Waals surface area contributed by atoms with Gasteiger partial charge in [-0.3, -0.25) is 19.2 Å². The van der Waals surface area contributed by atoms with Gasteiger partial charge in [-0.05, 0) is 141 Å². The topological polar surface area (TPSA) is 691 Å². The Kier molecular flexibility index (Phi) is 91.6. The summed E-state index contributed by atoms with van der Waals surface area (Å²) < 4.78 is 29.9. The third kappa shape index (κ3) is 80.5. The summed E-state index contributed by atoms with van der Waals surface area (Å²) in [5, 5.41) is 109. The molecule has 0 aromatic heterocycles. The van der Waals surface area contributed by atoms with Crippen molar-refractivity contribution in [3.8, 4) is 5.75 Å². The number of carboxylic acids is 8. The second-order valence-corrected chi connectivity index (χ2v) is 35.3. The third-order valence-corrected chi connectivity index (χ3v) is 23.1. The second-order valence-electron chi connectivity index (χ2n) is 35.3. The van der Waals surface area contributed by atoms with Gasteiger partial charge in [-0.15, -0.1) is 20.2 Å². The third-order valence-electron chi connectivity index (χ3n) is 23.1. The molecule has 0 spiro atoms. The SMILES string of the molecule is CCC(C)C(NC(=O)CCCCCO[N+](=O)[O-])C(=O)O.CCC(CCCC(=O)NC(C(=O)O)C(C)CC)O[N+](=O)[O-].CCCCC(=O)NC(C(=O)O)C(C)CC.CCCCCCCOC(=O)NC(C(=O)O)C(C)CC.CCCCCOC(=O)NC(C(=O)O)C(C)CC.CCCOCCOC(=O)NC(C(=O)O)C(C)CC.CCCc1cccc(OC(=O)NC(C(=O)O)C(C)CC)c1.CCc1ccc(COC(=O)NCC(=O)O)cc1. The number of alkyl carbamates (subject to hydrolysis) is 4. The van der Waals surface area contributed by atoms with Crippen molar-refractivity contribution in [1.82, 2.24) is 42.5 Å². The number of rotatable bonds is 68. The zero-order chi connectivity index (χ0) is 114. The number of carboxylic acid groups (broad SMARTS) is 8. The van der Waals surface area contributed by atoms with Gasteiger partial charge in [-0.25, -0.2) is 57.5 Å². The number of carbonyl (C=O) groups is 16. The lowest BCUT2D eigenvalue weighted by Crippen LogP contribution is -2.46. The second kappa shape index (κ2) is 92.9. The lowest BCUT2D eigenvalue weighted by molar-refractivity contribution is -0.768.